The highest BCUT2D eigenvalue weighted by molar-refractivity contribution is 5.93. The van der Waals surface area contributed by atoms with Crippen LogP contribution >= 0.6 is 0 Å². The average molecular weight is 367 g/mol. The summed E-state index contributed by atoms with van der Waals surface area (Å²) < 4.78 is 21.1. The number of carbonyl (C=O) groups excluding carboxylic acids is 1. The molecule has 5 nitrogen and oxygen atoms in total. The molecule has 1 aromatic carbocycles. The normalized spacial score (nSPS) is 18.8. The number of fused-ring (bicyclic) bond motifs is 1. The van der Waals surface area contributed by atoms with Gasteiger partial charge < -0.3 is 13.9 Å². The van der Waals surface area contributed by atoms with E-state index in [4.69, 9.17) is 9.40 Å². The third-order valence-corrected chi connectivity index (χ3v) is 6.03. The number of halogens is 1. The van der Waals surface area contributed by atoms with E-state index in [1.807, 2.05) is 11.0 Å². The van der Waals surface area contributed by atoms with Gasteiger partial charge in [0.05, 0.1) is 22.9 Å². The second kappa shape index (κ2) is 6.51. The molecular weight excluding hydrogens is 345 g/mol. The Hall–Kier alpha value is -2.63. The molecule has 3 heterocycles. The quantitative estimate of drug-likeness (QED) is 0.684. The zero-order valence-corrected chi connectivity index (χ0v) is 15.1. The molecule has 0 bridgehead atoms. The van der Waals surface area contributed by atoms with E-state index in [0.717, 1.165) is 42.5 Å². The van der Waals surface area contributed by atoms with Crippen molar-refractivity contribution in [3.63, 3.8) is 0 Å². The fourth-order valence-electron chi connectivity index (χ4n) is 4.32. The molecule has 0 atom stereocenters. The summed E-state index contributed by atoms with van der Waals surface area (Å²) in [4.78, 5) is 19.2. The zero-order valence-electron chi connectivity index (χ0n) is 15.1. The number of hydrogen-bond donors (Lipinski definition) is 0. The maximum atomic E-state index is 13.7. The van der Waals surface area contributed by atoms with Crippen molar-refractivity contribution in [3.05, 3.63) is 54.0 Å². The lowest BCUT2D eigenvalue weighted by Crippen LogP contribution is -2.39. The fourth-order valence-corrected chi connectivity index (χ4v) is 4.32. The molecule has 0 spiro atoms. The zero-order chi connectivity index (χ0) is 18.4. The Bertz CT molecular complexity index is 967. The van der Waals surface area contributed by atoms with Crippen LogP contribution in [0.2, 0.25) is 0 Å². The molecule has 0 radical (unpaired) electrons. The van der Waals surface area contributed by atoms with Crippen LogP contribution in [0.3, 0.4) is 0 Å². The number of benzene rings is 1. The second-order valence-electron chi connectivity index (χ2n) is 7.64. The first-order valence-corrected chi connectivity index (χ1v) is 9.69. The van der Waals surface area contributed by atoms with E-state index in [1.165, 1.54) is 31.1 Å². The molecule has 1 saturated carbocycles. The van der Waals surface area contributed by atoms with E-state index in [0.29, 0.717) is 30.6 Å². The van der Waals surface area contributed by atoms with E-state index in [9.17, 15) is 9.18 Å². The standard InChI is InChI=1S/C21H22FN3O2/c22-16-4-5-19-18(12-16)23-20(14-2-1-3-14)25(19)17-6-9-24(10-7-17)21(26)15-8-11-27-13-15/h4-5,8,11-14,17H,1-3,6-7,9-10H2. The summed E-state index contributed by atoms with van der Waals surface area (Å²) in [6.07, 6.45) is 8.34. The molecule has 2 fully saturated rings. The number of furan rings is 1. The molecule has 2 aromatic heterocycles. The lowest BCUT2D eigenvalue weighted by atomic mass is 9.84. The van der Waals surface area contributed by atoms with Crippen LogP contribution < -0.4 is 0 Å². The van der Waals surface area contributed by atoms with Crippen molar-refractivity contribution in [2.45, 2.75) is 44.1 Å². The molecule has 1 aliphatic carbocycles. The summed E-state index contributed by atoms with van der Waals surface area (Å²) in [6.45, 7) is 1.42. The number of aromatic nitrogens is 2. The van der Waals surface area contributed by atoms with Crippen molar-refractivity contribution in [1.82, 2.24) is 14.5 Å². The van der Waals surface area contributed by atoms with Gasteiger partial charge >= 0.3 is 0 Å². The maximum absolute atomic E-state index is 13.7. The van der Waals surface area contributed by atoms with E-state index >= 15 is 0 Å². The Morgan fingerprint density at radius 2 is 1.96 bits per heavy atom. The third kappa shape index (κ3) is 2.83. The van der Waals surface area contributed by atoms with Gasteiger partial charge in [-0.3, -0.25) is 4.79 Å². The van der Waals surface area contributed by atoms with Gasteiger partial charge in [-0.15, -0.1) is 0 Å². The monoisotopic (exact) mass is 367 g/mol. The number of nitrogens with zero attached hydrogens (tertiary/aromatic N) is 3. The van der Waals surface area contributed by atoms with Crippen LogP contribution in [-0.4, -0.2) is 33.4 Å². The minimum Gasteiger partial charge on any atom is -0.472 e. The minimum absolute atomic E-state index is 0.0268. The molecule has 5 rings (SSSR count). The molecule has 1 aliphatic heterocycles. The molecular formula is C21H22FN3O2. The summed E-state index contributed by atoms with van der Waals surface area (Å²) in [7, 11) is 0. The van der Waals surface area contributed by atoms with Crippen LogP contribution in [0.1, 0.15) is 60.2 Å². The molecule has 1 amide bonds. The van der Waals surface area contributed by atoms with Crippen LogP contribution in [0.15, 0.2) is 41.2 Å². The summed E-state index contributed by atoms with van der Waals surface area (Å²) in [5, 5.41) is 0. The summed E-state index contributed by atoms with van der Waals surface area (Å²) >= 11 is 0. The summed E-state index contributed by atoms with van der Waals surface area (Å²) in [5.41, 5.74) is 2.36. The maximum Gasteiger partial charge on any atom is 0.257 e. The Morgan fingerprint density at radius 3 is 2.63 bits per heavy atom. The number of hydrogen-bond acceptors (Lipinski definition) is 3. The van der Waals surface area contributed by atoms with Gasteiger partial charge in [0.25, 0.3) is 5.91 Å². The Balaban J connectivity index is 1.42. The Morgan fingerprint density at radius 1 is 1.15 bits per heavy atom. The number of carbonyl (C=O) groups is 1. The lowest BCUT2D eigenvalue weighted by Gasteiger charge is -2.35. The van der Waals surface area contributed by atoms with Gasteiger partial charge in [-0.25, -0.2) is 9.37 Å². The van der Waals surface area contributed by atoms with Gasteiger partial charge in [-0.2, -0.15) is 0 Å². The van der Waals surface area contributed by atoms with Crippen LogP contribution in [0.25, 0.3) is 11.0 Å². The number of piperidine rings is 1. The Labute approximate surface area is 156 Å². The first kappa shape index (κ1) is 16.5. The van der Waals surface area contributed by atoms with E-state index in [-0.39, 0.29) is 11.7 Å². The van der Waals surface area contributed by atoms with Crippen molar-refractivity contribution in [2.75, 3.05) is 13.1 Å². The van der Waals surface area contributed by atoms with Crippen LogP contribution in [-0.2, 0) is 0 Å². The molecule has 27 heavy (non-hydrogen) atoms. The van der Waals surface area contributed by atoms with Crippen molar-refractivity contribution in [1.29, 1.82) is 0 Å². The fraction of sp³-hybridized carbons (Fsp3) is 0.429. The smallest absolute Gasteiger partial charge is 0.257 e. The van der Waals surface area contributed by atoms with Crippen molar-refractivity contribution in [2.24, 2.45) is 0 Å². The van der Waals surface area contributed by atoms with Gasteiger partial charge in [-0.05, 0) is 43.9 Å². The largest absolute Gasteiger partial charge is 0.472 e. The summed E-state index contributed by atoms with van der Waals surface area (Å²) in [5.74, 6) is 1.36. The van der Waals surface area contributed by atoms with Crippen LogP contribution in [0.4, 0.5) is 4.39 Å². The molecule has 2 aliphatic rings. The van der Waals surface area contributed by atoms with Gasteiger partial charge in [0.1, 0.15) is 17.9 Å². The van der Waals surface area contributed by atoms with Crippen molar-refractivity contribution < 1.29 is 13.6 Å². The predicted molar refractivity (Wildman–Crippen MR) is 99.2 cm³/mol. The SMILES string of the molecule is O=C(c1ccoc1)N1CCC(n2c(C3CCC3)nc3cc(F)ccc32)CC1. The number of rotatable bonds is 3. The summed E-state index contributed by atoms with van der Waals surface area (Å²) in [6, 6.07) is 6.90. The first-order valence-electron chi connectivity index (χ1n) is 9.69. The second-order valence-corrected chi connectivity index (χ2v) is 7.64. The van der Waals surface area contributed by atoms with Crippen LogP contribution in [0.5, 0.6) is 0 Å². The van der Waals surface area contributed by atoms with Gasteiger partial charge in [-0.1, -0.05) is 6.42 Å². The number of amides is 1. The molecule has 1 saturated heterocycles. The Kier molecular flexibility index (Phi) is 3.99. The van der Waals surface area contributed by atoms with E-state index in [2.05, 4.69) is 4.57 Å². The topological polar surface area (TPSA) is 51.3 Å². The molecule has 3 aromatic rings. The first-order chi connectivity index (χ1) is 13.2. The van der Waals surface area contributed by atoms with Gasteiger partial charge in [0, 0.05) is 31.1 Å². The molecule has 0 unspecified atom stereocenters. The van der Waals surface area contributed by atoms with E-state index in [1.54, 1.807) is 6.07 Å². The number of likely N-dealkylation sites (tertiary alicyclic amines) is 1. The molecule has 6 heteroatoms. The van der Waals surface area contributed by atoms with Gasteiger partial charge in [0.15, 0.2) is 0 Å². The third-order valence-electron chi connectivity index (χ3n) is 6.03. The number of imidazole rings is 1. The molecule has 140 valence electrons. The highest BCUT2D eigenvalue weighted by Gasteiger charge is 2.31. The van der Waals surface area contributed by atoms with Crippen molar-refractivity contribution in [3.8, 4) is 0 Å². The average Bonchev–Trinajstić information content (AvgIpc) is 3.27. The van der Waals surface area contributed by atoms with Gasteiger partial charge in [0.2, 0.25) is 0 Å². The highest BCUT2D eigenvalue weighted by atomic mass is 19.1. The highest BCUT2D eigenvalue weighted by Crippen LogP contribution is 2.40. The minimum atomic E-state index is -0.243. The predicted octanol–water partition coefficient (Wildman–Crippen LogP) is 4.51. The van der Waals surface area contributed by atoms with E-state index < -0.39 is 0 Å². The van der Waals surface area contributed by atoms with Crippen LogP contribution in [0, 0.1) is 5.82 Å². The van der Waals surface area contributed by atoms with Crippen molar-refractivity contribution >= 4 is 16.9 Å². The molecule has 0 N–H and O–H groups in total. The lowest BCUT2D eigenvalue weighted by molar-refractivity contribution is 0.0693.